The summed E-state index contributed by atoms with van der Waals surface area (Å²) >= 11 is 0. The van der Waals surface area contributed by atoms with E-state index in [1.54, 1.807) is 12.1 Å². The summed E-state index contributed by atoms with van der Waals surface area (Å²) in [6, 6.07) is 21.2. The van der Waals surface area contributed by atoms with Crippen LogP contribution in [0, 0.1) is 0 Å². The van der Waals surface area contributed by atoms with Gasteiger partial charge in [0.2, 0.25) is 0 Å². The van der Waals surface area contributed by atoms with Crippen LogP contribution in [0.1, 0.15) is 21.7 Å². The number of benzene rings is 3. The van der Waals surface area contributed by atoms with Crippen molar-refractivity contribution in [1.29, 1.82) is 0 Å². The molecule has 5 aromatic rings. The third-order valence-corrected chi connectivity index (χ3v) is 5.53. The zero-order chi connectivity index (χ0) is 22.8. The number of aromatic nitrogens is 6. The Kier molecular flexibility index (Phi) is 5.37. The molecule has 0 amide bonds. The molecule has 0 aliphatic heterocycles. The van der Waals surface area contributed by atoms with E-state index in [0.717, 1.165) is 22.3 Å². The third kappa shape index (κ3) is 3.74. The van der Waals surface area contributed by atoms with Crippen molar-refractivity contribution in [2.75, 3.05) is 7.11 Å². The Hall–Kier alpha value is -4.37. The van der Waals surface area contributed by atoms with Gasteiger partial charge >= 0.3 is 5.97 Å². The fourth-order valence-corrected chi connectivity index (χ4v) is 3.99. The number of para-hydroxylation sites is 1. The van der Waals surface area contributed by atoms with Crippen LogP contribution in [0.15, 0.2) is 66.7 Å². The fourth-order valence-electron chi connectivity index (χ4n) is 3.99. The topological polar surface area (TPSA) is 119 Å². The molecule has 9 nitrogen and oxygen atoms in total. The standard InChI is InChI=1S/C24H20N6O3/c1-33-24(32)19-7-4-8-20-22(19)30(21(14-31)25-20)13-15-9-11-16(12-10-15)17-5-2-3-6-18(17)23-26-28-29-27-23/h2-12,31H,13-14H2,1H3,(H,26,27,28,29). The van der Waals surface area contributed by atoms with Gasteiger partial charge in [-0.2, -0.15) is 0 Å². The molecule has 0 radical (unpaired) electrons. The van der Waals surface area contributed by atoms with Crippen molar-refractivity contribution in [3.05, 3.63) is 83.7 Å². The number of H-pyrrole nitrogens is 1. The molecular weight excluding hydrogens is 420 g/mol. The van der Waals surface area contributed by atoms with Crippen LogP contribution in [0.5, 0.6) is 0 Å². The lowest BCUT2D eigenvalue weighted by Crippen LogP contribution is -2.09. The molecule has 2 N–H and O–H groups in total. The number of nitrogens with one attached hydrogen (secondary N) is 1. The molecule has 164 valence electrons. The number of fused-ring (bicyclic) bond motifs is 1. The van der Waals surface area contributed by atoms with E-state index in [0.29, 0.717) is 34.8 Å². The predicted octanol–water partition coefficient (Wildman–Crippen LogP) is 3.21. The number of aromatic amines is 1. The lowest BCUT2D eigenvalue weighted by atomic mass is 9.98. The lowest BCUT2D eigenvalue weighted by molar-refractivity contribution is 0.0602. The zero-order valence-electron chi connectivity index (χ0n) is 17.8. The van der Waals surface area contributed by atoms with Gasteiger partial charge in [0.25, 0.3) is 0 Å². The maximum absolute atomic E-state index is 12.3. The van der Waals surface area contributed by atoms with Crippen molar-refractivity contribution < 1.29 is 14.6 Å². The van der Waals surface area contributed by atoms with Crippen LogP contribution in [0.3, 0.4) is 0 Å². The van der Waals surface area contributed by atoms with Gasteiger partial charge in [0.1, 0.15) is 12.4 Å². The summed E-state index contributed by atoms with van der Waals surface area (Å²) in [4.78, 5) is 16.8. The Bertz CT molecular complexity index is 1420. The van der Waals surface area contributed by atoms with E-state index in [9.17, 15) is 9.90 Å². The molecule has 5 rings (SSSR count). The average Bonchev–Trinajstić information content (AvgIpc) is 3.52. The predicted molar refractivity (Wildman–Crippen MR) is 121 cm³/mol. The van der Waals surface area contributed by atoms with Gasteiger partial charge in [-0.15, -0.1) is 5.10 Å². The van der Waals surface area contributed by atoms with E-state index in [-0.39, 0.29) is 6.61 Å². The van der Waals surface area contributed by atoms with Gasteiger partial charge in [-0.25, -0.2) is 14.9 Å². The number of aliphatic hydroxyl groups excluding tert-OH is 1. The number of nitrogens with zero attached hydrogens (tertiary/aromatic N) is 5. The smallest absolute Gasteiger partial charge is 0.340 e. The molecule has 0 atom stereocenters. The summed E-state index contributed by atoms with van der Waals surface area (Å²) in [5.74, 6) is 0.635. The molecule has 0 unspecified atom stereocenters. The highest BCUT2D eigenvalue weighted by molar-refractivity contribution is 6.02. The first-order chi connectivity index (χ1) is 16.2. The number of ether oxygens (including phenoxy) is 1. The quantitative estimate of drug-likeness (QED) is 0.389. The van der Waals surface area contributed by atoms with Crippen LogP contribution in [0.25, 0.3) is 33.5 Å². The minimum absolute atomic E-state index is 0.244. The van der Waals surface area contributed by atoms with Gasteiger partial charge < -0.3 is 14.4 Å². The summed E-state index contributed by atoms with van der Waals surface area (Å²) in [5.41, 5.74) is 5.59. The monoisotopic (exact) mass is 440 g/mol. The van der Waals surface area contributed by atoms with E-state index in [2.05, 4.69) is 25.6 Å². The van der Waals surface area contributed by atoms with Crippen molar-refractivity contribution in [1.82, 2.24) is 30.2 Å². The van der Waals surface area contributed by atoms with E-state index < -0.39 is 5.97 Å². The van der Waals surface area contributed by atoms with Crippen LogP contribution in [-0.4, -0.2) is 48.4 Å². The molecule has 3 aromatic carbocycles. The number of carbonyl (C=O) groups is 1. The normalized spacial score (nSPS) is 11.1. The van der Waals surface area contributed by atoms with Crippen molar-refractivity contribution >= 4 is 17.0 Å². The highest BCUT2D eigenvalue weighted by Gasteiger charge is 2.18. The summed E-state index contributed by atoms with van der Waals surface area (Å²) in [6.07, 6.45) is 0. The largest absolute Gasteiger partial charge is 0.465 e. The molecule has 0 fully saturated rings. The third-order valence-electron chi connectivity index (χ3n) is 5.53. The fraction of sp³-hybridized carbons (Fsp3) is 0.125. The molecule has 0 aliphatic rings. The van der Waals surface area contributed by atoms with Crippen LogP contribution >= 0.6 is 0 Å². The summed E-state index contributed by atoms with van der Waals surface area (Å²) < 4.78 is 6.79. The molecule has 0 saturated carbocycles. The minimum Gasteiger partial charge on any atom is -0.465 e. The summed E-state index contributed by atoms with van der Waals surface area (Å²) in [6.45, 7) is 0.195. The van der Waals surface area contributed by atoms with Crippen LogP contribution in [0.2, 0.25) is 0 Å². The van der Waals surface area contributed by atoms with Crippen molar-refractivity contribution in [2.45, 2.75) is 13.2 Å². The Morgan fingerprint density at radius 3 is 2.52 bits per heavy atom. The Labute approximate surface area is 188 Å². The summed E-state index contributed by atoms with van der Waals surface area (Å²) in [7, 11) is 1.35. The van der Waals surface area contributed by atoms with E-state index >= 15 is 0 Å². The zero-order valence-corrected chi connectivity index (χ0v) is 17.8. The molecule has 0 spiro atoms. The van der Waals surface area contributed by atoms with Gasteiger partial charge in [-0.05, 0) is 39.2 Å². The number of imidazole rings is 1. The Morgan fingerprint density at radius 1 is 1.03 bits per heavy atom. The maximum Gasteiger partial charge on any atom is 0.340 e. The number of methoxy groups -OCH3 is 1. The first kappa shape index (κ1) is 20.5. The molecule has 2 aromatic heterocycles. The molecule has 9 heteroatoms. The Morgan fingerprint density at radius 2 is 1.82 bits per heavy atom. The number of hydrogen-bond donors (Lipinski definition) is 2. The van der Waals surface area contributed by atoms with Crippen molar-refractivity contribution in [2.24, 2.45) is 0 Å². The van der Waals surface area contributed by atoms with Gasteiger partial charge in [0.05, 0.1) is 23.7 Å². The minimum atomic E-state index is -0.444. The number of esters is 1. The second kappa shape index (κ2) is 8.64. The van der Waals surface area contributed by atoms with Crippen molar-refractivity contribution in [3.63, 3.8) is 0 Å². The first-order valence-corrected chi connectivity index (χ1v) is 10.3. The average molecular weight is 440 g/mol. The summed E-state index contributed by atoms with van der Waals surface area (Å²) in [5, 5.41) is 24.1. The number of aliphatic hydroxyl groups is 1. The highest BCUT2D eigenvalue weighted by Crippen LogP contribution is 2.30. The number of rotatable bonds is 6. The highest BCUT2D eigenvalue weighted by atomic mass is 16.5. The molecule has 2 heterocycles. The second-order valence-electron chi connectivity index (χ2n) is 7.43. The number of tetrazole rings is 1. The van der Waals surface area contributed by atoms with Crippen LogP contribution in [0.4, 0.5) is 0 Å². The van der Waals surface area contributed by atoms with E-state index in [4.69, 9.17) is 4.74 Å². The molecule has 0 aliphatic carbocycles. The van der Waals surface area contributed by atoms with Gasteiger partial charge in [-0.3, -0.25) is 0 Å². The second-order valence-corrected chi connectivity index (χ2v) is 7.43. The molecule has 33 heavy (non-hydrogen) atoms. The van der Waals surface area contributed by atoms with Crippen molar-refractivity contribution in [3.8, 4) is 22.5 Å². The van der Waals surface area contributed by atoms with Gasteiger partial charge in [0.15, 0.2) is 5.82 Å². The van der Waals surface area contributed by atoms with Crippen LogP contribution < -0.4 is 0 Å². The van der Waals surface area contributed by atoms with E-state index in [1.165, 1.54) is 7.11 Å². The van der Waals surface area contributed by atoms with E-state index in [1.807, 2.05) is 59.2 Å². The number of carbonyl (C=O) groups excluding carboxylic acids is 1. The lowest BCUT2D eigenvalue weighted by Gasteiger charge is -2.12. The SMILES string of the molecule is COC(=O)c1cccc2nc(CO)n(Cc3ccc(-c4ccccc4-c4nnn[nH]4)cc3)c12. The van der Waals surface area contributed by atoms with Crippen LogP contribution in [-0.2, 0) is 17.9 Å². The number of hydrogen-bond acceptors (Lipinski definition) is 7. The molecule has 0 bridgehead atoms. The van der Waals surface area contributed by atoms with Gasteiger partial charge in [0, 0.05) is 12.1 Å². The van der Waals surface area contributed by atoms with Gasteiger partial charge in [-0.1, -0.05) is 54.6 Å². The molecule has 0 saturated heterocycles. The Balaban J connectivity index is 1.52. The maximum atomic E-state index is 12.3. The first-order valence-electron chi connectivity index (χ1n) is 10.3. The molecular formula is C24H20N6O3.